The first-order valence-corrected chi connectivity index (χ1v) is 25.9. The molecule has 0 bridgehead atoms. The molecule has 32 heteroatoms. The van der Waals surface area contributed by atoms with E-state index in [-0.39, 0.29) is 112 Å². The summed E-state index contributed by atoms with van der Waals surface area (Å²) in [5.74, 6) is -8.67. The van der Waals surface area contributed by atoms with Crippen LogP contribution in [-0.2, 0) is 17.0 Å². The molecule has 6 aromatic heterocycles. The molecule has 424 valence electrons. The zero-order chi connectivity index (χ0) is 56.9. The summed E-state index contributed by atoms with van der Waals surface area (Å²) in [6, 6.07) is 8.80. The predicted octanol–water partition coefficient (Wildman–Crippen LogP) is 8.63. The molecule has 3 saturated carbocycles. The number of halogens is 11. The third kappa shape index (κ3) is 11.8. The van der Waals surface area contributed by atoms with Gasteiger partial charge in [0.1, 0.15) is 81.9 Å². The number of alkyl halides is 6. The molecule has 3 spiro atoms. The number of nitrogens with one attached hydrogen (secondary N) is 5. The van der Waals surface area contributed by atoms with E-state index in [1.54, 1.807) is 24.4 Å². The quantitative estimate of drug-likeness (QED) is 0.0901. The number of carbonyl (C=O) groups excluding carboxylic acids is 3. The summed E-state index contributed by atoms with van der Waals surface area (Å²) in [5, 5.41) is 14.0. The predicted molar refractivity (Wildman–Crippen MR) is 286 cm³/mol. The number of carbonyl (C=O) groups is 3. The van der Waals surface area contributed by atoms with Crippen LogP contribution in [0.4, 0.5) is 55.2 Å². The number of nitrogens with zero attached hydrogens (tertiary/aromatic N) is 9. The number of rotatable bonds is 4. The summed E-state index contributed by atoms with van der Waals surface area (Å²) < 4.78 is 85.0. The summed E-state index contributed by atoms with van der Waals surface area (Å²) in [6.45, 7) is 0. The minimum absolute atomic E-state index is 0. The Kier molecular flexibility index (Phi) is 16.7. The Hall–Kier alpha value is -6.88. The molecule has 6 aromatic rings. The number of hydrogen-bond donors (Lipinski definition) is 6. The highest BCUT2D eigenvalue weighted by Crippen LogP contribution is 2.47. The van der Waals surface area contributed by atoms with Crippen molar-refractivity contribution in [2.45, 2.75) is 112 Å². The lowest BCUT2D eigenvalue weighted by Gasteiger charge is -2.38. The second kappa shape index (κ2) is 22.6. The van der Waals surface area contributed by atoms with Gasteiger partial charge in [-0.2, -0.15) is 0 Å². The van der Waals surface area contributed by atoms with Gasteiger partial charge in [-0.25, -0.2) is 56.2 Å². The molecular weight excluding hydrogens is 1220 g/mol. The van der Waals surface area contributed by atoms with Crippen molar-refractivity contribution in [1.82, 2.24) is 59.6 Å². The third-order valence-electron chi connectivity index (χ3n) is 14.1. The molecule has 3 aliphatic carbocycles. The van der Waals surface area contributed by atoms with E-state index < -0.39 is 94.8 Å². The first-order chi connectivity index (χ1) is 37.3. The van der Waals surface area contributed by atoms with Gasteiger partial charge >= 0.3 is 0 Å². The maximum Gasteiger partial charge on any atom is 0.276 e. The number of aromatic nitrogens is 9. The SMILES string of the molecule is Cl.Nc1ccncn1.O=C1NC2(CCC(F)(F)CC2)n2c1c(Cl)cc(Br)c2=O.O=C1NC2(CCC(F)(F)CC2)n2c1c(Cl)cc(Nc1ccncn1)c2=O.O=C1NC2(CCC(F)(F)CC2)n2c1c(Cl)cc(Nc1ccncn1)c2=O. The number of hydrogen-bond acceptors (Lipinski definition) is 15. The smallest absolute Gasteiger partial charge is 0.276 e. The Bertz CT molecular complexity index is 3390. The molecule has 0 atom stereocenters. The zero-order valence-electron chi connectivity index (χ0n) is 41.2. The van der Waals surface area contributed by atoms with Crippen LogP contribution in [-0.4, -0.2) is 79.1 Å². The highest BCUT2D eigenvalue weighted by atomic mass is 79.9. The van der Waals surface area contributed by atoms with Crippen LogP contribution in [0.15, 0.2) is 92.8 Å². The lowest BCUT2D eigenvalue weighted by Crippen LogP contribution is -2.51. The molecular formula is C48H44BrCl4F6N15O6. The van der Waals surface area contributed by atoms with E-state index in [0.29, 0.717) is 17.5 Å². The van der Waals surface area contributed by atoms with Gasteiger partial charge in [0.05, 0.1) is 19.5 Å². The van der Waals surface area contributed by atoms with E-state index in [4.69, 9.17) is 40.5 Å². The second-order valence-electron chi connectivity index (χ2n) is 19.2. The van der Waals surface area contributed by atoms with Crippen molar-refractivity contribution in [2.24, 2.45) is 0 Å². The van der Waals surface area contributed by atoms with Gasteiger partial charge in [-0.3, -0.25) is 42.5 Å². The first-order valence-electron chi connectivity index (χ1n) is 24.0. The van der Waals surface area contributed by atoms with Crippen molar-refractivity contribution in [3.05, 3.63) is 142 Å². The van der Waals surface area contributed by atoms with E-state index >= 15 is 0 Å². The number of nitrogen functional groups attached to an aromatic ring is 1. The lowest BCUT2D eigenvalue weighted by atomic mass is 9.86. The summed E-state index contributed by atoms with van der Waals surface area (Å²) in [7, 11) is 0. The number of anilines is 5. The molecule has 21 nitrogen and oxygen atoms in total. The average Bonchev–Trinajstić information content (AvgIpc) is 4.13. The number of amides is 3. The summed E-state index contributed by atoms with van der Waals surface area (Å²) >= 11 is 21.5. The number of nitrogens with two attached hydrogens (primary N) is 1. The Morgan fingerprint density at radius 1 is 0.487 bits per heavy atom. The van der Waals surface area contributed by atoms with Gasteiger partial charge in [0.15, 0.2) is 0 Å². The fourth-order valence-corrected chi connectivity index (χ4v) is 11.6. The fourth-order valence-electron chi connectivity index (χ4n) is 10.2. The van der Waals surface area contributed by atoms with Gasteiger partial charge in [-0.05, 0) is 90.9 Å². The summed E-state index contributed by atoms with van der Waals surface area (Å²) in [4.78, 5) is 97.9. The second-order valence-corrected chi connectivity index (χ2v) is 21.3. The van der Waals surface area contributed by atoms with Crippen LogP contribution in [0.3, 0.4) is 0 Å². The third-order valence-corrected chi connectivity index (χ3v) is 15.5. The van der Waals surface area contributed by atoms with Crippen LogP contribution in [0.1, 0.15) is 109 Å². The molecule has 0 aromatic carbocycles. The van der Waals surface area contributed by atoms with E-state index in [0.717, 1.165) is 0 Å². The van der Waals surface area contributed by atoms with Crippen LogP contribution >= 0.6 is 63.1 Å². The molecule has 0 unspecified atom stereocenters. The van der Waals surface area contributed by atoms with Crippen molar-refractivity contribution in [3.63, 3.8) is 0 Å². The Balaban J connectivity index is 0.000000149. The largest absolute Gasteiger partial charge is 0.384 e. The summed E-state index contributed by atoms with van der Waals surface area (Å²) in [5.41, 5.74) is 0.519. The van der Waals surface area contributed by atoms with Gasteiger partial charge in [-0.1, -0.05) is 34.8 Å². The van der Waals surface area contributed by atoms with E-state index in [2.05, 4.69) is 72.4 Å². The van der Waals surface area contributed by atoms with E-state index in [9.17, 15) is 55.1 Å². The van der Waals surface area contributed by atoms with Gasteiger partial charge in [0.25, 0.3) is 34.4 Å². The molecule has 12 rings (SSSR count). The molecule has 6 aliphatic rings. The van der Waals surface area contributed by atoms with Gasteiger partial charge in [0.2, 0.25) is 17.8 Å². The molecule has 80 heavy (non-hydrogen) atoms. The zero-order valence-corrected chi connectivity index (χ0v) is 45.8. The van der Waals surface area contributed by atoms with Gasteiger partial charge in [0, 0.05) is 57.1 Å². The van der Waals surface area contributed by atoms with Crippen LogP contribution in [0.2, 0.25) is 15.1 Å². The van der Waals surface area contributed by atoms with Crippen LogP contribution in [0, 0.1) is 0 Å². The molecule has 3 aliphatic heterocycles. The minimum atomic E-state index is -2.80. The maximum atomic E-state index is 13.6. The Labute approximate surface area is 477 Å². The fraction of sp³-hybridized carbons (Fsp3) is 0.375. The molecule has 0 radical (unpaired) electrons. The highest BCUT2D eigenvalue weighted by molar-refractivity contribution is 9.10. The molecule has 7 N–H and O–H groups in total. The van der Waals surface area contributed by atoms with Crippen LogP contribution in [0.5, 0.6) is 0 Å². The normalized spacial score (nSPS) is 19.4. The van der Waals surface area contributed by atoms with Crippen molar-refractivity contribution in [2.75, 3.05) is 16.4 Å². The van der Waals surface area contributed by atoms with Gasteiger partial charge < -0.3 is 32.3 Å². The first kappa shape index (κ1) is 59.2. The topological polar surface area (TPSA) is 281 Å². The maximum absolute atomic E-state index is 13.6. The molecule has 3 fully saturated rings. The average molecular weight is 1260 g/mol. The Morgan fingerprint density at radius 2 is 0.800 bits per heavy atom. The van der Waals surface area contributed by atoms with Crippen molar-refractivity contribution in [1.29, 1.82) is 0 Å². The van der Waals surface area contributed by atoms with Crippen molar-refractivity contribution in [3.8, 4) is 0 Å². The minimum Gasteiger partial charge on any atom is -0.384 e. The monoisotopic (exact) mass is 1260 g/mol. The highest BCUT2D eigenvalue weighted by Gasteiger charge is 2.54. The van der Waals surface area contributed by atoms with Gasteiger partial charge in [-0.15, -0.1) is 12.4 Å². The van der Waals surface area contributed by atoms with Crippen molar-refractivity contribution < 1.29 is 40.7 Å². The van der Waals surface area contributed by atoms with Crippen molar-refractivity contribution >= 4 is 110 Å². The molecule has 0 saturated heterocycles. The number of fused-ring (bicyclic) bond motifs is 6. The Morgan fingerprint density at radius 3 is 1.09 bits per heavy atom. The lowest BCUT2D eigenvalue weighted by molar-refractivity contribution is -0.0670. The summed E-state index contributed by atoms with van der Waals surface area (Å²) in [6.07, 6.45) is 6.03. The van der Waals surface area contributed by atoms with E-state index in [1.165, 1.54) is 63.3 Å². The molecule has 9 heterocycles. The van der Waals surface area contributed by atoms with Crippen LogP contribution in [0.25, 0.3) is 0 Å². The number of pyridine rings is 3. The van der Waals surface area contributed by atoms with E-state index in [1.807, 2.05) is 0 Å². The standard InChI is InChI=1S/2C16H14ClF2N5O2.C12H10BrClF2N2O2.C4H5N3.ClH/c2*17-9-7-10(22-11-1-6-20-8-21-11)14(26)24-12(9)13(25)23-16(24)4-2-15(18,19)3-5-16;13-6-5-7(14)8-9(19)17-12(18(8)10(6)20)3-1-11(15,16)2-4-12;5-4-1-2-6-3-7-4;/h2*1,6-8H,2-5H2,(H,23,25)(H,20,21,22);5H,1-4H2,(H,17,19);1-3H,(H2,5,6,7);1H. The van der Waals surface area contributed by atoms with Crippen LogP contribution < -0.4 is 49.0 Å². The molecule has 3 amide bonds.